The Balaban J connectivity index is 2.05. The first-order valence-electron chi connectivity index (χ1n) is 4.80. The van der Waals surface area contributed by atoms with Gasteiger partial charge in [-0.25, -0.2) is 8.42 Å². The molecule has 0 spiro atoms. The number of nitrogens with one attached hydrogen (secondary N) is 2. The maximum Gasteiger partial charge on any atom is 0.235 e. The van der Waals surface area contributed by atoms with Gasteiger partial charge in [0.2, 0.25) is 10.0 Å². The van der Waals surface area contributed by atoms with Gasteiger partial charge in [-0.15, -0.1) is 0 Å². The molecule has 7 heteroatoms. The first-order valence-corrected chi connectivity index (χ1v) is 6.35. The van der Waals surface area contributed by atoms with Gasteiger partial charge in [0, 0.05) is 0 Å². The zero-order chi connectivity index (χ0) is 10.7. The molecule has 15 heavy (non-hydrogen) atoms. The Hall–Kier alpha value is -1.08. The molecule has 1 fully saturated rings. The van der Waals surface area contributed by atoms with Crippen molar-refractivity contribution in [1.29, 1.82) is 0 Å². The van der Waals surface area contributed by atoms with Crippen molar-refractivity contribution >= 4 is 15.7 Å². The number of piperidine rings is 1. The topological polar surface area (TPSA) is 84.2 Å². The highest BCUT2D eigenvalue weighted by molar-refractivity contribution is 7.93. The Morgan fingerprint density at radius 3 is 2.80 bits per heavy atom. The Morgan fingerprint density at radius 2 is 2.20 bits per heavy atom. The molecule has 84 valence electrons. The normalized spacial score (nSPS) is 18.9. The van der Waals surface area contributed by atoms with Crippen molar-refractivity contribution in [2.24, 2.45) is 0 Å². The van der Waals surface area contributed by atoms with E-state index in [-0.39, 0.29) is 5.25 Å². The molecule has 0 aliphatic carbocycles. The van der Waals surface area contributed by atoms with Crippen molar-refractivity contribution in [3.63, 3.8) is 0 Å². The van der Waals surface area contributed by atoms with Crippen molar-refractivity contribution in [3.8, 4) is 0 Å². The van der Waals surface area contributed by atoms with Crippen LogP contribution >= 0.6 is 0 Å². The number of anilines is 1. The van der Waals surface area contributed by atoms with Crippen LogP contribution in [-0.2, 0) is 10.0 Å². The standard InChI is InChI=1S/C8H13N3O3S/c12-15(13,8-1-3-9-4-2-8)11-7-5-10-14-6-7/h5-6,8-9,11H,1-4H2. The fraction of sp³-hybridized carbons (Fsp3) is 0.625. The maximum absolute atomic E-state index is 11.8. The molecule has 2 heterocycles. The van der Waals surface area contributed by atoms with Crippen LogP contribution in [0, 0.1) is 0 Å². The molecule has 2 N–H and O–H groups in total. The Kier molecular flexibility index (Phi) is 2.92. The van der Waals surface area contributed by atoms with Crippen LogP contribution in [0.5, 0.6) is 0 Å². The van der Waals surface area contributed by atoms with Crippen LogP contribution in [0.3, 0.4) is 0 Å². The first-order chi connectivity index (χ1) is 7.18. The second kappa shape index (κ2) is 4.19. The molecular formula is C8H13N3O3S. The van der Waals surface area contributed by atoms with E-state index in [0.717, 1.165) is 13.1 Å². The summed E-state index contributed by atoms with van der Waals surface area (Å²) >= 11 is 0. The third kappa shape index (κ3) is 2.48. The van der Waals surface area contributed by atoms with Gasteiger partial charge in [-0.3, -0.25) is 4.72 Å². The number of sulfonamides is 1. The molecule has 2 rings (SSSR count). The summed E-state index contributed by atoms with van der Waals surface area (Å²) in [6.07, 6.45) is 3.90. The van der Waals surface area contributed by atoms with Crippen molar-refractivity contribution in [2.45, 2.75) is 18.1 Å². The second-order valence-corrected chi connectivity index (χ2v) is 5.47. The highest BCUT2D eigenvalue weighted by Gasteiger charge is 2.27. The van der Waals surface area contributed by atoms with Gasteiger partial charge < -0.3 is 9.84 Å². The monoisotopic (exact) mass is 231 g/mol. The Labute approximate surface area is 88.1 Å². The fourth-order valence-corrected chi connectivity index (χ4v) is 3.06. The van der Waals surface area contributed by atoms with Crippen LogP contribution in [0.2, 0.25) is 0 Å². The number of hydrogen-bond acceptors (Lipinski definition) is 5. The van der Waals surface area contributed by atoms with E-state index >= 15 is 0 Å². The van der Waals surface area contributed by atoms with Gasteiger partial charge in [0.25, 0.3) is 0 Å². The molecule has 6 nitrogen and oxygen atoms in total. The smallest absolute Gasteiger partial charge is 0.235 e. The lowest BCUT2D eigenvalue weighted by Crippen LogP contribution is -2.38. The molecular weight excluding hydrogens is 218 g/mol. The Morgan fingerprint density at radius 1 is 1.47 bits per heavy atom. The summed E-state index contributed by atoms with van der Waals surface area (Å²) in [7, 11) is -3.30. The second-order valence-electron chi connectivity index (χ2n) is 3.51. The van der Waals surface area contributed by atoms with Gasteiger partial charge in [-0.2, -0.15) is 0 Å². The molecule has 0 bridgehead atoms. The molecule has 0 unspecified atom stereocenters. The number of aromatic nitrogens is 1. The minimum Gasteiger partial charge on any atom is -0.362 e. The maximum atomic E-state index is 11.8. The van der Waals surface area contributed by atoms with Gasteiger partial charge in [0.15, 0.2) is 0 Å². The largest absolute Gasteiger partial charge is 0.362 e. The summed E-state index contributed by atoms with van der Waals surface area (Å²) in [5, 5.41) is 6.23. The highest BCUT2D eigenvalue weighted by atomic mass is 32.2. The average Bonchev–Trinajstić information content (AvgIpc) is 2.71. The number of rotatable bonds is 3. The molecule has 0 amide bonds. The molecule has 0 radical (unpaired) electrons. The van der Waals surface area contributed by atoms with Crippen LogP contribution in [0.15, 0.2) is 17.0 Å². The highest BCUT2D eigenvalue weighted by Crippen LogP contribution is 2.16. The number of nitrogens with zero attached hydrogens (tertiary/aromatic N) is 1. The molecule has 0 aromatic carbocycles. The Bertz CT molecular complexity index is 395. The quantitative estimate of drug-likeness (QED) is 0.774. The minimum atomic E-state index is -3.30. The van der Waals surface area contributed by atoms with E-state index in [0.29, 0.717) is 18.5 Å². The van der Waals surface area contributed by atoms with Crippen LogP contribution in [0.4, 0.5) is 5.69 Å². The summed E-state index contributed by atoms with van der Waals surface area (Å²) in [5.74, 6) is 0. The molecule has 1 aromatic heterocycles. The average molecular weight is 231 g/mol. The zero-order valence-electron chi connectivity index (χ0n) is 8.14. The minimum absolute atomic E-state index is 0.325. The van der Waals surface area contributed by atoms with E-state index in [4.69, 9.17) is 0 Å². The molecule has 1 aromatic rings. The molecule has 1 aliphatic heterocycles. The predicted octanol–water partition coefficient (Wildman–Crippen LogP) is 0.168. The van der Waals surface area contributed by atoms with Gasteiger partial charge in [0.05, 0.1) is 11.4 Å². The van der Waals surface area contributed by atoms with Gasteiger partial charge >= 0.3 is 0 Å². The summed E-state index contributed by atoms with van der Waals surface area (Å²) < 4.78 is 30.7. The van der Waals surface area contributed by atoms with E-state index in [2.05, 4.69) is 19.7 Å². The summed E-state index contributed by atoms with van der Waals surface area (Å²) in [6.45, 7) is 1.49. The van der Waals surface area contributed by atoms with Gasteiger partial charge in [-0.1, -0.05) is 5.16 Å². The first kappa shape index (κ1) is 10.4. The van der Waals surface area contributed by atoms with Crippen molar-refractivity contribution in [1.82, 2.24) is 10.5 Å². The van der Waals surface area contributed by atoms with Crippen molar-refractivity contribution in [3.05, 3.63) is 12.5 Å². The lowest BCUT2D eigenvalue weighted by atomic mass is 10.2. The lowest BCUT2D eigenvalue weighted by Gasteiger charge is -2.22. The van der Waals surface area contributed by atoms with Crippen molar-refractivity contribution in [2.75, 3.05) is 17.8 Å². The summed E-state index contributed by atoms with van der Waals surface area (Å²) in [5.41, 5.74) is 0.383. The summed E-state index contributed by atoms with van der Waals surface area (Å²) in [4.78, 5) is 0. The van der Waals surface area contributed by atoms with E-state index in [1.165, 1.54) is 12.5 Å². The fourth-order valence-electron chi connectivity index (χ4n) is 1.61. The zero-order valence-corrected chi connectivity index (χ0v) is 8.96. The third-order valence-electron chi connectivity index (χ3n) is 2.42. The van der Waals surface area contributed by atoms with Crippen LogP contribution in [0.1, 0.15) is 12.8 Å². The van der Waals surface area contributed by atoms with E-state index in [1.54, 1.807) is 0 Å². The van der Waals surface area contributed by atoms with Crippen LogP contribution in [0.25, 0.3) is 0 Å². The van der Waals surface area contributed by atoms with E-state index in [1.807, 2.05) is 0 Å². The molecule has 1 aliphatic rings. The van der Waals surface area contributed by atoms with Gasteiger partial charge in [0.1, 0.15) is 12.0 Å². The SMILES string of the molecule is O=S(=O)(Nc1cnoc1)C1CCNCC1. The predicted molar refractivity (Wildman–Crippen MR) is 54.9 cm³/mol. The van der Waals surface area contributed by atoms with E-state index in [9.17, 15) is 8.42 Å². The van der Waals surface area contributed by atoms with Crippen LogP contribution in [-0.4, -0.2) is 31.9 Å². The van der Waals surface area contributed by atoms with E-state index < -0.39 is 10.0 Å². The lowest BCUT2D eigenvalue weighted by molar-refractivity contribution is 0.420. The third-order valence-corrected chi connectivity index (χ3v) is 4.29. The van der Waals surface area contributed by atoms with Crippen molar-refractivity contribution < 1.29 is 12.9 Å². The van der Waals surface area contributed by atoms with Gasteiger partial charge in [-0.05, 0) is 25.9 Å². The molecule has 1 saturated heterocycles. The molecule has 0 atom stereocenters. The van der Waals surface area contributed by atoms with Crippen LogP contribution < -0.4 is 10.0 Å². The number of hydrogen-bond donors (Lipinski definition) is 2. The summed E-state index contributed by atoms with van der Waals surface area (Å²) in [6, 6.07) is 0. The molecule has 0 saturated carbocycles.